The van der Waals surface area contributed by atoms with Gasteiger partial charge in [-0.1, -0.05) is 6.07 Å². The highest BCUT2D eigenvalue weighted by Gasteiger charge is 2.30. The van der Waals surface area contributed by atoms with Crippen molar-refractivity contribution < 1.29 is 22.7 Å². The Kier molecular flexibility index (Phi) is 7.01. The second kappa shape index (κ2) is 8.51. The second-order valence-corrected chi connectivity index (χ2v) is 4.43. The van der Waals surface area contributed by atoms with Gasteiger partial charge in [0.1, 0.15) is 12.4 Å². The molecule has 0 aromatic heterocycles. The maximum atomic E-state index is 12.5. The number of alkyl halides is 3. The molecule has 0 aliphatic heterocycles. The Hall–Kier alpha value is -1.76. The Morgan fingerprint density at radius 3 is 2.71 bits per heavy atom. The number of nitrogens with one attached hydrogen (secondary N) is 2. The lowest BCUT2D eigenvalue weighted by atomic mass is 10.2. The predicted octanol–water partition coefficient (Wildman–Crippen LogP) is 2.20. The van der Waals surface area contributed by atoms with Crippen molar-refractivity contribution in [2.45, 2.75) is 19.0 Å². The molecule has 2 N–H and O–H groups in total. The molecular weight excluding hydrogens is 285 g/mol. The van der Waals surface area contributed by atoms with Crippen LogP contribution in [-0.4, -0.2) is 32.7 Å². The topological polar surface area (TPSA) is 50.4 Å². The summed E-state index contributed by atoms with van der Waals surface area (Å²) in [7, 11) is 1.81. The lowest BCUT2D eigenvalue weighted by molar-refractivity contribution is -0.137. The monoisotopic (exact) mass is 304 g/mol. The van der Waals surface area contributed by atoms with E-state index in [1.54, 1.807) is 7.05 Å². The third-order valence-corrected chi connectivity index (χ3v) is 2.68. The molecule has 0 fully saturated rings. The van der Waals surface area contributed by atoms with Crippen LogP contribution in [0.4, 0.5) is 13.2 Å². The molecule has 0 bridgehead atoms. The molecule has 0 spiro atoms. The van der Waals surface area contributed by atoms with Crippen molar-refractivity contribution >= 4 is 5.91 Å². The fraction of sp³-hybridized carbons (Fsp3) is 0.500. The standard InChI is InChI=1S/C14H19F3N2O2/c1-18-7-3-6-13(20)19-8-9-21-12-5-2-4-11(10-12)14(15,16)17/h2,4-5,10,18H,3,6-9H2,1H3,(H,19,20). The van der Waals surface area contributed by atoms with Gasteiger partial charge in [0.15, 0.2) is 0 Å². The summed E-state index contributed by atoms with van der Waals surface area (Å²) >= 11 is 0. The molecule has 0 aliphatic carbocycles. The zero-order valence-electron chi connectivity index (χ0n) is 11.8. The molecule has 1 aromatic carbocycles. The van der Waals surface area contributed by atoms with Gasteiger partial charge in [-0.3, -0.25) is 4.79 Å². The van der Waals surface area contributed by atoms with Crippen molar-refractivity contribution in [2.24, 2.45) is 0 Å². The number of carbonyl (C=O) groups excluding carboxylic acids is 1. The van der Waals surface area contributed by atoms with E-state index in [0.717, 1.165) is 25.1 Å². The van der Waals surface area contributed by atoms with E-state index in [1.165, 1.54) is 12.1 Å². The fourth-order valence-corrected chi connectivity index (χ4v) is 1.64. The van der Waals surface area contributed by atoms with Gasteiger partial charge >= 0.3 is 6.18 Å². The number of ether oxygens (including phenoxy) is 1. The van der Waals surface area contributed by atoms with Crippen molar-refractivity contribution in [3.63, 3.8) is 0 Å². The highest BCUT2D eigenvalue weighted by Crippen LogP contribution is 2.31. The molecule has 0 heterocycles. The first-order chi connectivity index (χ1) is 9.93. The average Bonchev–Trinajstić information content (AvgIpc) is 2.43. The van der Waals surface area contributed by atoms with Crippen LogP contribution in [0.25, 0.3) is 0 Å². The Balaban J connectivity index is 2.28. The molecule has 7 heteroatoms. The first-order valence-electron chi connectivity index (χ1n) is 6.65. The third-order valence-electron chi connectivity index (χ3n) is 2.68. The van der Waals surface area contributed by atoms with E-state index in [0.29, 0.717) is 6.42 Å². The van der Waals surface area contributed by atoms with E-state index in [-0.39, 0.29) is 24.8 Å². The van der Waals surface area contributed by atoms with Crippen LogP contribution in [0.3, 0.4) is 0 Å². The van der Waals surface area contributed by atoms with Gasteiger partial charge in [-0.05, 0) is 38.2 Å². The SMILES string of the molecule is CNCCCC(=O)NCCOc1cccc(C(F)(F)F)c1. The van der Waals surface area contributed by atoms with E-state index >= 15 is 0 Å². The van der Waals surface area contributed by atoms with Crippen LogP contribution in [0.5, 0.6) is 5.75 Å². The first kappa shape index (κ1) is 17.3. The maximum absolute atomic E-state index is 12.5. The normalized spacial score (nSPS) is 11.2. The van der Waals surface area contributed by atoms with Crippen molar-refractivity contribution in [1.29, 1.82) is 0 Å². The predicted molar refractivity (Wildman–Crippen MR) is 73.1 cm³/mol. The van der Waals surface area contributed by atoms with E-state index < -0.39 is 11.7 Å². The summed E-state index contributed by atoms with van der Waals surface area (Å²) in [5.41, 5.74) is -0.754. The molecule has 0 saturated heterocycles. The zero-order valence-corrected chi connectivity index (χ0v) is 11.8. The minimum Gasteiger partial charge on any atom is -0.492 e. The number of amides is 1. The van der Waals surface area contributed by atoms with E-state index in [2.05, 4.69) is 10.6 Å². The highest BCUT2D eigenvalue weighted by atomic mass is 19.4. The van der Waals surface area contributed by atoms with Crippen LogP contribution >= 0.6 is 0 Å². The molecule has 0 unspecified atom stereocenters. The highest BCUT2D eigenvalue weighted by molar-refractivity contribution is 5.75. The molecule has 1 rings (SSSR count). The van der Waals surface area contributed by atoms with Gasteiger partial charge in [0, 0.05) is 6.42 Å². The Morgan fingerprint density at radius 2 is 2.05 bits per heavy atom. The molecule has 1 amide bonds. The Labute approximate surface area is 121 Å². The summed E-state index contributed by atoms with van der Waals surface area (Å²) in [6.07, 6.45) is -3.25. The van der Waals surface area contributed by atoms with Gasteiger partial charge in [-0.15, -0.1) is 0 Å². The lowest BCUT2D eigenvalue weighted by Gasteiger charge is -2.10. The summed E-state index contributed by atoms with van der Waals surface area (Å²) in [4.78, 5) is 11.4. The number of hydrogen-bond donors (Lipinski definition) is 2. The first-order valence-corrected chi connectivity index (χ1v) is 6.65. The van der Waals surface area contributed by atoms with Gasteiger partial charge in [0.05, 0.1) is 12.1 Å². The zero-order chi connectivity index (χ0) is 15.7. The molecule has 0 saturated carbocycles. The largest absolute Gasteiger partial charge is 0.492 e. The summed E-state index contributed by atoms with van der Waals surface area (Å²) in [6, 6.07) is 4.66. The molecule has 0 radical (unpaired) electrons. The number of halogens is 3. The fourth-order valence-electron chi connectivity index (χ4n) is 1.64. The molecule has 0 atom stereocenters. The van der Waals surface area contributed by atoms with Crippen molar-refractivity contribution in [3.8, 4) is 5.75 Å². The van der Waals surface area contributed by atoms with Crippen LogP contribution < -0.4 is 15.4 Å². The van der Waals surface area contributed by atoms with Gasteiger partial charge in [-0.25, -0.2) is 0 Å². The summed E-state index contributed by atoms with van der Waals surface area (Å²) in [5, 5.41) is 5.58. The molecule has 0 aliphatic rings. The third kappa shape index (κ3) is 6.99. The molecule has 21 heavy (non-hydrogen) atoms. The van der Waals surface area contributed by atoms with Crippen molar-refractivity contribution in [3.05, 3.63) is 29.8 Å². The molecular formula is C14H19F3N2O2. The van der Waals surface area contributed by atoms with Crippen LogP contribution in [0.1, 0.15) is 18.4 Å². The summed E-state index contributed by atoms with van der Waals surface area (Å²) in [6.45, 7) is 1.14. The summed E-state index contributed by atoms with van der Waals surface area (Å²) in [5.74, 6) is 0.0344. The second-order valence-electron chi connectivity index (χ2n) is 4.43. The lowest BCUT2D eigenvalue weighted by Crippen LogP contribution is -2.28. The number of carbonyl (C=O) groups is 1. The van der Waals surface area contributed by atoms with Crippen molar-refractivity contribution in [1.82, 2.24) is 10.6 Å². The van der Waals surface area contributed by atoms with Crippen LogP contribution in [0.15, 0.2) is 24.3 Å². The van der Waals surface area contributed by atoms with Gasteiger partial charge in [0.2, 0.25) is 5.91 Å². The summed E-state index contributed by atoms with van der Waals surface area (Å²) < 4.78 is 42.7. The minimum atomic E-state index is -4.39. The molecule has 1 aromatic rings. The Morgan fingerprint density at radius 1 is 1.29 bits per heavy atom. The van der Waals surface area contributed by atoms with Gasteiger partial charge in [-0.2, -0.15) is 13.2 Å². The number of benzene rings is 1. The average molecular weight is 304 g/mol. The quantitative estimate of drug-likeness (QED) is 0.724. The van der Waals surface area contributed by atoms with Crippen LogP contribution in [0, 0.1) is 0 Å². The molecule has 118 valence electrons. The Bertz CT molecular complexity index is 450. The van der Waals surface area contributed by atoms with Gasteiger partial charge < -0.3 is 15.4 Å². The van der Waals surface area contributed by atoms with Crippen LogP contribution in [-0.2, 0) is 11.0 Å². The smallest absolute Gasteiger partial charge is 0.416 e. The molecule has 4 nitrogen and oxygen atoms in total. The van der Waals surface area contributed by atoms with Crippen LogP contribution in [0.2, 0.25) is 0 Å². The van der Waals surface area contributed by atoms with E-state index in [4.69, 9.17) is 4.74 Å². The van der Waals surface area contributed by atoms with Crippen molar-refractivity contribution in [2.75, 3.05) is 26.7 Å². The number of rotatable bonds is 8. The van der Waals surface area contributed by atoms with E-state index in [1.807, 2.05) is 0 Å². The number of hydrogen-bond acceptors (Lipinski definition) is 3. The minimum absolute atomic E-state index is 0.0992. The van der Waals surface area contributed by atoms with E-state index in [9.17, 15) is 18.0 Å². The van der Waals surface area contributed by atoms with Gasteiger partial charge in [0.25, 0.3) is 0 Å². The maximum Gasteiger partial charge on any atom is 0.416 e.